The number of hydrogen-bond donors (Lipinski definition) is 1. The number of hydrogen-bond acceptors (Lipinski definition) is 3. The molecule has 2 aromatic carbocycles. The van der Waals surface area contributed by atoms with Crippen LogP contribution in [0.25, 0.3) is 0 Å². The third kappa shape index (κ3) is 3.07. The molecule has 2 rings (SSSR count). The average Bonchev–Trinajstić information content (AvgIpc) is 2.41. The highest BCUT2D eigenvalue weighted by Gasteiger charge is 2.14. The summed E-state index contributed by atoms with van der Waals surface area (Å²) in [6.07, 6.45) is 0. The van der Waals surface area contributed by atoms with Gasteiger partial charge in [-0.05, 0) is 42.5 Å². The van der Waals surface area contributed by atoms with Crippen molar-refractivity contribution in [2.24, 2.45) is 0 Å². The van der Waals surface area contributed by atoms with Gasteiger partial charge in [0, 0.05) is 0 Å². The normalized spacial score (nSPS) is 10.8. The Morgan fingerprint density at radius 2 is 1.80 bits per heavy atom. The molecule has 0 aliphatic rings. The van der Waals surface area contributed by atoms with Crippen molar-refractivity contribution in [3.8, 4) is 6.07 Å². The number of anilines is 1. The quantitative estimate of drug-likeness (QED) is 0.946. The zero-order chi connectivity index (χ0) is 14.8. The Hall–Kier alpha value is -2.10. The van der Waals surface area contributed by atoms with Gasteiger partial charge in [0.15, 0.2) is 0 Å². The molecule has 2 aromatic rings. The number of benzene rings is 2. The molecule has 4 nitrogen and oxygen atoms in total. The Kier molecular flexibility index (Phi) is 3.93. The van der Waals surface area contributed by atoms with E-state index in [4.69, 9.17) is 16.9 Å². The first-order valence-electron chi connectivity index (χ1n) is 5.40. The predicted octanol–water partition coefficient (Wildman–Crippen LogP) is 3.15. The Labute approximate surface area is 120 Å². The number of sulfonamides is 1. The fraction of sp³-hybridized carbons (Fsp3) is 0. The van der Waals surface area contributed by atoms with Gasteiger partial charge in [0.05, 0.1) is 21.2 Å². The van der Waals surface area contributed by atoms with E-state index in [-0.39, 0.29) is 21.2 Å². The van der Waals surface area contributed by atoms with Gasteiger partial charge in [0.25, 0.3) is 10.0 Å². The molecule has 0 atom stereocenters. The lowest BCUT2D eigenvalue weighted by molar-refractivity contribution is 0.599. The third-order valence-corrected chi connectivity index (χ3v) is 4.19. The van der Waals surface area contributed by atoms with E-state index in [1.807, 2.05) is 6.07 Å². The fourth-order valence-electron chi connectivity index (χ4n) is 1.50. The highest BCUT2D eigenvalue weighted by atomic mass is 35.5. The molecule has 0 saturated heterocycles. The van der Waals surface area contributed by atoms with E-state index >= 15 is 0 Å². The molecule has 20 heavy (non-hydrogen) atoms. The zero-order valence-electron chi connectivity index (χ0n) is 9.97. The van der Waals surface area contributed by atoms with Gasteiger partial charge in [-0.15, -0.1) is 0 Å². The van der Waals surface area contributed by atoms with Crippen molar-refractivity contribution in [1.82, 2.24) is 0 Å². The molecule has 0 aromatic heterocycles. The minimum atomic E-state index is -3.84. The first-order chi connectivity index (χ1) is 9.42. The van der Waals surface area contributed by atoms with Gasteiger partial charge < -0.3 is 0 Å². The molecule has 0 aliphatic carbocycles. The second kappa shape index (κ2) is 5.49. The van der Waals surface area contributed by atoms with Crippen molar-refractivity contribution >= 4 is 27.3 Å². The minimum Gasteiger partial charge on any atom is -0.280 e. The van der Waals surface area contributed by atoms with Crippen LogP contribution in [0.5, 0.6) is 0 Å². The lowest BCUT2D eigenvalue weighted by atomic mass is 10.2. The smallest absolute Gasteiger partial charge is 0.261 e. The zero-order valence-corrected chi connectivity index (χ0v) is 11.5. The van der Waals surface area contributed by atoms with Crippen molar-refractivity contribution < 1.29 is 12.8 Å². The summed E-state index contributed by atoms with van der Waals surface area (Å²) in [6, 6.07) is 10.4. The number of nitriles is 1. The Bertz CT molecular complexity index is 783. The first-order valence-corrected chi connectivity index (χ1v) is 7.26. The molecular formula is C13H8ClFN2O2S. The minimum absolute atomic E-state index is 0.0765. The van der Waals surface area contributed by atoms with Crippen molar-refractivity contribution in [2.45, 2.75) is 4.90 Å². The summed E-state index contributed by atoms with van der Waals surface area (Å²) in [7, 11) is -3.84. The van der Waals surface area contributed by atoms with Gasteiger partial charge in [0.1, 0.15) is 11.9 Å². The summed E-state index contributed by atoms with van der Waals surface area (Å²) in [4.78, 5) is -0.0765. The van der Waals surface area contributed by atoms with Crippen LogP contribution in [0.15, 0.2) is 47.4 Å². The molecule has 0 spiro atoms. The topological polar surface area (TPSA) is 70.0 Å². The predicted molar refractivity (Wildman–Crippen MR) is 73.4 cm³/mol. The van der Waals surface area contributed by atoms with Crippen LogP contribution in [0, 0.1) is 17.1 Å². The van der Waals surface area contributed by atoms with Crippen LogP contribution in [0.1, 0.15) is 5.56 Å². The lowest BCUT2D eigenvalue weighted by Crippen LogP contribution is -2.13. The fourth-order valence-corrected chi connectivity index (χ4v) is 2.71. The van der Waals surface area contributed by atoms with Crippen LogP contribution in [-0.4, -0.2) is 8.42 Å². The molecule has 0 saturated carbocycles. The van der Waals surface area contributed by atoms with Crippen molar-refractivity contribution in [2.75, 3.05) is 4.72 Å². The number of nitrogens with one attached hydrogen (secondary N) is 1. The third-order valence-electron chi connectivity index (χ3n) is 2.46. The van der Waals surface area contributed by atoms with E-state index in [9.17, 15) is 12.8 Å². The number of halogens is 2. The van der Waals surface area contributed by atoms with Crippen LogP contribution in [0.2, 0.25) is 5.02 Å². The standard InChI is InChI=1S/C13H8ClFN2O2S/c14-13-6-3-11(7-9(13)8-16)17-20(18,19)12-4-1-10(15)2-5-12/h1-7,17H. The maximum absolute atomic E-state index is 12.8. The average molecular weight is 311 g/mol. The SMILES string of the molecule is N#Cc1cc(NS(=O)(=O)c2ccc(F)cc2)ccc1Cl. The van der Waals surface area contributed by atoms with Crippen LogP contribution in [0.3, 0.4) is 0 Å². The van der Waals surface area contributed by atoms with E-state index in [0.29, 0.717) is 0 Å². The molecule has 0 heterocycles. The first kappa shape index (κ1) is 14.3. The van der Waals surface area contributed by atoms with E-state index in [2.05, 4.69) is 4.72 Å². The van der Waals surface area contributed by atoms with Crippen molar-refractivity contribution in [1.29, 1.82) is 5.26 Å². The van der Waals surface area contributed by atoms with Crippen LogP contribution < -0.4 is 4.72 Å². The summed E-state index contributed by atoms with van der Waals surface area (Å²) in [5.41, 5.74) is 0.362. The van der Waals surface area contributed by atoms with Gasteiger partial charge in [-0.25, -0.2) is 12.8 Å². The van der Waals surface area contributed by atoms with Gasteiger partial charge in [-0.2, -0.15) is 5.26 Å². The Balaban J connectivity index is 2.34. The van der Waals surface area contributed by atoms with Crippen molar-refractivity contribution in [3.63, 3.8) is 0 Å². The summed E-state index contributed by atoms with van der Waals surface area (Å²) in [5, 5.41) is 9.07. The van der Waals surface area contributed by atoms with Crippen LogP contribution in [0.4, 0.5) is 10.1 Å². The second-order valence-electron chi connectivity index (χ2n) is 3.87. The van der Waals surface area contributed by atoms with E-state index in [1.165, 1.54) is 18.2 Å². The molecule has 0 amide bonds. The Morgan fingerprint density at radius 1 is 1.15 bits per heavy atom. The second-order valence-corrected chi connectivity index (χ2v) is 5.96. The molecule has 1 N–H and O–H groups in total. The summed E-state index contributed by atoms with van der Waals surface area (Å²) < 4.78 is 39.2. The monoisotopic (exact) mass is 310 g/mol. The Morgan fingerprint density at radius 3 is 2.40 bits per heavy atom. The number of nitrogens with zero attached hydrogens (tertiary/aromatic N) is 1. The summed E-state index contributed by atoms with van der Waals surface area (Å²) in [5.74, 6) is -0.526. The molecule has 102 valence electrons. The molecule has 0 unspecified atom stereocenters. The lowest BCUT2D eigenvalue weighted by Gasteiger charge is -2.08. The number of rotatable bonds is 3. The van der Waals surface area contributed by atoms with Gasteiger partial charge in [-0.3, -0.25) is 4.72 Å². The highest BCUT2D eigenvalue weighted by Crippen LogP contribution is 2.22. The largest absolute Gasteiger partial charge is 0.280 e. The molecule has 7 heteroatoms. The molecule has 0 bridgehead atoms. The maximum atomic E-state index is 12.8. The molecule has 0 radical (unpaired) electrons. The van der Waals surface area contributed by atoms with Gasteiger partial charge in [-0.1, -0.05) is 11.6 Å². The van der Waals surface area contributed by atoms with Gasteiger partial charge in [0.2, 0.25) is 0 Å². The summed E-state index contributed by atoms with van der Waals surface area (Å²) in [6.45, 7) is 0. The van der Waals surface area contributed by atoms with Crippen molar-refractivity contribution in [3.05, 3.63) is 58.9 Å². The van der Waals surface area contributed by atoms with E-state index in [0.717, 1.165) is 24.3 Å². The summed E-state index contributed by atoms with van der Waals surface area (Å²) >= 11 is 5.76. The molecular weight excluding hydrogens is 303 g/mol. The van der Waals surface area contributed by atoms with E-state index < -0.39 is 15.8 Å². The van der Waals surface area contributed by atoms with E-state index in [1.54, 1.807) is 0 Å². The molecule has 0 fully saturated rings. The highest BCUT2D eigenvalue weighted by molar-refractivity contribution is 7.92. The van der Waals surface area contributed by atoms with Crippen LogP contribution in [-0.2, 0) is 10.0 Å². The molecule has 0 aliphatic heterocycles. The van der Waals surface area contributed by atoms with Gasteiger partial charge >= 0.3 is 0 Å². The van der Waals surface area contributed by atoms with Crippen LogP contribution >= 0.6 is 11.6 Å². The maximum Gasteiger partial charge on any atom is 0.261 e.